The quantitative estimate of drug-likeness (QED) is 0.778. The number of amides is 1. The summed E-state index contributed by atoms with van der Waals surface area (Å²) in [5, 5.41) is 8.11. The molecule has 1 aromatic heterocycles. The Labute approximate surface area is 87.5 Å². The first kappa shape index (κ1) is 9.68. The zero-order valence-corrected chi connectivity index (χ0v) is 8.99. The molecule has 0 aromatic carbocycles. The largest absolute Gasteiger partial charge is 0.351 e. The lowest BCUT2D eigenvalue weighted by atomic mass is 10.0. The van der Waals surface area contributed by atoms with E-state index in [0.29, 0.717) is 6.54 Å². The molecule has 2 heterocycles. The molecular weight excluding hydrogens is 196 g/mol. The molecular formula is C10H14N2OS. The number of aryl methyl sites for hydroxylation is 1. The zero-order chi connectivity index (χ0) is 9.97. The first-order chi connectivity index (χ1) is 6.77. The summed E-state index contributed by atoms with van der Waals surface area (Å²) in [6.45, 7) is 4.41. The summed E-state index contributed by atoms with van der Waals surface area (Å²) in [7, 11) is 0. The first-order valence-electron chi connectivity index (χ1n) is 4.79. The Morgan fingerprint density at radius 2 is 2.50 bits per heavy atom. The van der Waals surface area contributed by atoms with Gasteiger partial charge in [-0.2, -0.15) is 0 Å². The molecule has 76 valence electrons. The van der Waals surface area contributed by atoms with E-state index in [0.717, 1.165) is 13.1 Å². The van der Waals surface area contributed by atoms with Gasteiger partial charge in [0.1, 0.15) is 0 Å². The molecule has 0 unspecified atom stereocenters. The molecule has 0 aliphatic carbocycles. The molecule has 0 bridgehead atoms. The Kier molecular flexibility index (Phi) is 2.84. The lowest BCUT2D eigenvalue weighted by Crippen LogP contribution is -2.50. The summed E-state index contributed by atoms with van der Waals surface area (Å²) in [6.07, 6.45) is 0. The van der Waals surface area contributed by atoms with E-state index in [4.69, 9.17) is 0 Å². The van der Waals surface area contributed by atoms with E-state index in [1.54, 1.807) is 11.3 Å². The highest BCUT2D eigenvalue weighted by Gasteiger charge is 2.24. The van der Waals surface area contributed by atoms with E-state index >= 15 is 0 Å². The van der Waals surface area contributed by atoms with Gasteiger partial charge in [-0.1, -0.05) is 0 Å². The maximum absolute atomic E-state index is 11.5. The molecule has 2 N–H and O–H groups in total. The molecule has 1 fully saturated rings. The van der Waals surface area contributed by atoms with Crippen LogP contribution in [0, 0.1) is 12.8 Å². The van der Waals surface area contributed by atoms with Gasteiger partial charge in [-0.15, -0.1) is 11.3 Å². The van der Waals surface area contributed by atoms with Gasteiger partial charge in [-0.05, 0) is 23.9 Å². The Morgan fingerprint density at radius 3 is 3.00 bits per heavy atom. The predicted octanol–water partition coefficient (Wildman–Crippen LogP) is 0.892. The molecule has 1 amide bonds. The lowest BCUT2D eigenvalue weighted by Gasteiger charge is -2.25. The molecule has 3 nitrogen and oxygen atoms in total. The molecule has 0 atom stereocenters. The third-order valence-electron chi connectivity index (χ3n) is 2.54. The van der Waals surface area contributed by atoms with Crippen LogP contribution in [0.4, 0.5) is 0 Å². The van der Waals surface area contributed by atoms with Crippen LogP contribution in [0.5, 0.6) is 0 Å². The van der Waals surface area contributed by atoms with Crippen molar-refractivity contribution in [3.8, 4) is 0 Å². The van der Waals surface area contributed by atoms with Crippen molar-refractivity contribution in [2.45, 2.75) is 13.5 Å². The molecule has 1 aliphatic heterocycles. The Balaban J connectivity index is 1.82. The van der Waals surface area contributed by atoms with E-state index in [9.17, 15) is 4.79 Å². The average molecular weight is 210 g/mol. The second-order valence-electron chi connectivity index (χ2n) is 3.60. The van der Waals surface area contributed by atoms with E-state index < -0.39 is 0 Å². The van der Waals surface area contributed by atoms with E-state index in [-0.39, 0.29) is 11.8 Å². The van der Waals surface area contributed by atoms with Crippen LogP contribution >= 0.6 is 11.3 Å². The lowest BCUT2D eigenvalue weighted by molar-refractivity contribution is -0.126. The summed E-state index contributed by atoms with van der Waals surface area (Å²) in [5.41, 5.74) is 1.27. The highest BCUT2D eigenvalue weighted by molar-refractivity contribution is 7.10. The Morgan fingerprint density at radius 1 is 1.71 bits per heavy atom. The molecule has 14 heavy (non-hydrogen) atoms. The van der Waals surface area contributed by atoms with Gasteiger partial charge in [0.25, 0.3) is 0 Å². The standard InChI is InChI=1S/C10H14N2OS/c1-7-2-3-14-9(7)6-12-10(13)8-4-11-5-8/h2-3,8,11H,4-6H2,1H3,(H,12,13). The van der Waals surface area contributed by atoms with Gasteiger partial charge in [-0.3, -0.25) is 4.79 Å². The monoisotopic (exact) mass is 210 g/mol. The molecule has 1 aromatic rings. The van der Waals surface area contributed by atoms with Crippen LogP contribution in [0.3, 0.4) is 0 Å². The smallest absolute Gasteiger partial charge is 0.225 e. The summed E-state index contributed by atoms with van der Waals surface area (Å²) < 4.78 is 0. The minimum absolute atomic E-state index is 0.177. The van der Waals surface area contributed by atoms with Crippen LogP contribution in [0.2, 0.25) is 0 Å². The van der Waals surface area contributed by atoms with Crippen LogP contribution in [0.15, 0.2) is 11.4 Å². The number of nitrogens with one attached hydrogen (secondary N) is 2. The third kappa shape index (κ3) is 1.96. The zero-order valence-electron chi connectivity index (χ0n) is 8.17. The van der Waals surface area contributed by atoms with Gasteiger partial charge >= 0.3 is 0 Å². The first-order valence-corrected chi connectivity index (χ1v) is 5.66. The number of thiophene rings is 1. The van der Waals surface area contributed by atoms with Gasteiger partial charge in [-0.25, -0.2) is 0 Å². The number of rotatable bonds is 3. The van der Waals surface area contributed by atoms with Crippen LogP contribution in [-0.2, 0) is 11.3 Å². The number of carbonyl (C=O) groups is 1. The fourth-order valence-corrected chi connectivity index (χ4v) is 2.22. The number of hydrogen-bond donors (Lipinski definition) is 2. The van der Waals surface area contributed by atoms with Crippen LogP contribution in [-0.4, -0.2) is 19.0 Å². The van der Waals surface area contributed by atoms with Crippen molar-refractivity contribution in [1.82, 2.24) is 10.6 Å². The van der Waals surface area contributed by atoms with Gasteiger partial charge in [0.2, 0.25) is 5.91 Å². The van der Waals surface area contributed by atoms with Crippen molar-refractivity contribution >= 4 is 17.2 Å². The SMILES string of the molecule is Cc1ccsc1CNC(=O)C1CNC1. The Bertz CT molecular complexity index is 331. The molecule has 0 radical (unpaired) electrons. The molecule has 0 saturated carbocycles. The van der Waals surface area contributed by atoms with Crippen molar-refractivity contribution in [3.63, 3.8) is 0 Å². The molecule has 1 saturated heterocycles. The number of hydrogen-bond acceptors (Lipinski definition) is 3. The summed E-state index contributed by atoms with van der Waals surface area (Å²) in [5.74, 6) is 0.367. The van der Waals surface area contributed by atoms with Crippen molar-refractivity contribution in [3.05, 3.63) is 21.9 Å². The molecule has 4 heteroatoms. The van der Waals surface area contributed by atoms with Crippen molar-refractivity contribution in [2.75, 3.05) is 13.1 Å². The maximum atomic E-state index is 11.5. The minimum Gasteiger partial charge on any atom is -0.351 e. The van der Waals surface area contributed by atoms with Crippen LogP contribution < -0.4 is 10.6 Å². The van der Waals surface area contributed by atoms with Crippen molar-refractivity contribution in [2.24, 2.45) is 5.92 Å². The fraction of sp³-hybridized carbons (Fsp3) is 0.500. The molecule has 0 spiro atoms. The van der Waals surface area contributed by atoms with Crippen molar-refractivity contribution in [1.29, 1.82) is 0 Å². The van der Waals surface area contributed by atoms with Gasteiger partial charge in [0, 0.05) is 18.0 Å². The van der Waals surface area contributed by atoms with Crippen LogP contribution in [0.25, 0.3) is 0 Å². The van der Waals surface area contributed by atoms with Crippen LogP contribution in [0.1, 0.15) is 10.4 Å². The number of carbonyl (C=O) groups excluding carboxylic acids is 1. The average Bonchev–Trinajstić information content (AvgIpc) is 2.44. The Hall–Kier alpha value is -0.870. The van der Waals surface area contributed by atoms with E-state index in [2.05, 4.69) is 29.0 Å². The third-order valence-corrected chi connectivity index (χ3v) is 3.57. The summed E-state index contributed by atoms with van der Waals surface area (Å²) in [6, 6.07) is 2.08. The van der Waals surface area contributed by atoms with E-state index in [1.165, 1.54) is 10.4 Å². The predicted molar refractivity (Wildman–Crippen MR) is 57.3 cm³/mol. The molecule has 1 aliphatic rings. The summed E-state index contributed by atoms with van der Waals surface area (Å²) >= 11 is 1.70. The van der Waals surface area contributed by atoms with Crippen molar-refractivity contribution < 1.29 is 4.79 Å². The molecule has 2 rings (SSSR count). The second-order valence-corrected chi connectivity index (χ2v) is 4.60. The van der Waals surface area contributed by atoms with Gasteiger partial charge < -0.3 is 10.6 Å². The fourth-order valence-electron chi connectivity index (χ4n) is 1.37. The normalized spacial score (nSPS) is 16.4. The second kappa shape index (κ2) is 4.11. The van der Waals surface area contributed by atoms with Gasteiger partial charge in [0.05, 0.1) is 12.5 Å². The summed E-state index contributed by atoms with van der Waals surface area (Å²) in [4.78, 5) is 12.7. The highest BCUT2D eigenvalue weighted by Crippen LogP contribution is 2.15. The van der Waals surface area contributed by atoms with E-state index in [1.807, 2.05) is 0 Å². The maximum Gasteiger partial charge on any atom is 0.225 e. The highest BCUT2D eigenvalue weighted by atomic mass is 32.1. The minimum atomic E-state index is 0.177. The topological polar surface area (TPSA) is 41.1 Å². The van der Waals surface area contributed by atoms with Gasteiger partial charge in [0.15, 0.2) is 0 Å².